The molecule has 3 rings (SSSR count). The first kappa shape index (κ1) is 14.4. The van der Waals surface area contributed by atoms with E-state index in [9.17, 15) is 5.11 Å². The van der Waals surface area contributed by atoms with Gasteiger partial charge < -0.3 is 9.67 Å². The molecule has 0 aliphatic carbocycles. The van der Waals surface area contributed by atoms with Crippen LogP contribution in [0.2, 0.25) is 0 Å². The van der Waals surface area contributed by atoms with Crippen molar-refractivity contribution < 1.29 is 5.11 Å². The summed E-state index contributed by atoms with van der Waals surface area (Å²) in [4.78, 5) is 4.28. The molecule has 2 heterocycles. The van der Waals surface area contributed by atoms with Gasteiger partial charge in [0, 0.05) is 12.4 Å². The van der Waals surface area contributed by atoms with Crippen LogP contribution in [0, 0.1) is 0 Å². The monoisotopic (exact) mass is 298 g/mol. The van der Waals surface area contributed by atoms with Crippen molar-refractivity contribution in [3.63, 3.8) is 0 Å². The average Bonchev–Trinajstić information content (AvgIpc) is 3.17. The molecule has 0 aliphatic heterocycles. The van der Waals surface area contributed by atoms with Crippen LogP contribution in [0.5, 0.6) is 0 Å². The molecule has 3 aromatic rings. The highest BCUT2D eigenvalue weighted by Gasteiger charge is 2.18. The molecule has 0 amide bonds. The van der Waals surface area contributed by atoms with Crippen molar-refractivity contribution in [2.24, 2.45) is 0 Å². The van der Waals surface area contributed by atoms with Crippen molar-refractivity contribution in [1.29, 1.82) is 0 Å². The molecule has 1 N–H and O–H groups in total. The van der Waals surface area contributed by atoms with E-state index in [1.807, 2.05) is 54.9 Å². The van der Waals surface area contributed by atoms with Gasteiger partial charge in [0.2, 0.25) is 0 Å². The molecule has 1 aromatic carbocycles. The molecule has 0 spiro atoms. The quantitative estimate of drug-likeness (QED) is 0.773. The number of aliphatic hydroxyl groups excluding tert-OH is 1. The van der Waals surface area contributed by atoms with Crippen LogP contribution in [0.4, 0.5) is 0 Å². The van der Waals surface area contributed by atoms with Crippen LogP contribution in [-0.4, -0.2) is 34.9 Å². The van der Waals surface area contributed by atoms with E-state index in [0.29, 0.717) is 12.4 Å². The zero-order chi connectivity index (χ0) is 15.5. The lowest BCUT2D eigenvalue weighted by Crippen LogP contribution is -2.15. The van der Waals surface area contributed by atoms with Crippen LogP contribution in [-0.2, 0) is 6.54 Å². The molecular weight excluding hydrogens is 280 g/mol. The maximum Gasteiger partial charge on any atom is 0.171 e. The van der Waals surface area contributed by atoms with Crippen LogP contribution in [0.3, 0.4) is 0 Å². The molecule has 114 valence electrons. The van der Waals surface area contributed by atoms with Crippen molar-refractivity contribution in [2.75, 3.05) is 0 Å². The number of aromatic nitrogens is 6. The first-order valence-electron chi connectivity index (χ1n) is 7.17. The average molecular weight is 298 g/mol. The largest absolute Gasteiger partial charge is 0.380 e. The van der Waals surface area contributed by atoms with Gasteiger partial charge in [-0.05, 0) is 29.8 Å². The third-order valence-electron chi connectivity index (χ3n) is 3.47. The Hall–Kier alpha value is -2.54. The van der Waals surface area contributed by atoms with Gasteiger partial charge in [-0.25, -0.2) is 9.67 Å². The number of benzene rings is 1. The summed E-state index contributed by atoms with van der Waals surface area (Å²) in [6.45, 7) is 4.51. The molecule has 0 radical (unpaired) electrons. The predicted octanol–water partition coefficient (Wildman–Crippen LogP) is 1.58. The standard InChI is InChI=1S/C15H18N6O/c1-11(2)21-13(17-18-19-21)10-20-9-8-16-15(20)14(22)12-6-4-3-5-7-12/h3-9,11,14,22H,10H2,1-2H3. The fourth-order valence-electron chi connectivity index (χ4n) is 2.36. The fraction of sp³-hybridized carbons (Fsp3) is 0.333. The highest BCUT2D eigenvalue weighted by molar-refractivity contribution is 5.23. The minimum Gasteiger partial charge on any atom is -0.380 e. The second-order valence-corrected chi connectivity index (χ2v) is 5.36. The molecule has 7 nitrogen and oxygen atoms in total. The van der Waals surface area contributed by atoms with Gasteiger partial charge in [-0.15, -0.1) is 5.10 Å². The van der Waals surface area contributed by atoms with Gasteiger partial charge >= 0.3 is 0 Å². The molecule has 0 bridgehead atoms. The van der Waals surface area contributed by atoms with E-state index in [0.717, 1.165) is 11.4 Å². The molecule has 0 aliphatic rings. The molecule has 7 heteroatoms. The van der Waals surface area contributed by atoms with Crippen LogP contribution in [0.25, 0.3) is 0 Å². The normalized spacial score (nSPS) is 12.7. The summed E-state index contributed by atoms with van der Waals surface area (Å²) in [5.41, 5.74) is 0.804. The summed E-state index contributed by atoms with van der Waals surface area (Å²) in [7, 11) is 0. The highest BCUT2D eigenvalue weighted by atomic mass is 16.3. The summed E-state index contributed by atoms with van der Waals surface area (Å²) in [5, 5.41) is 22.3. The second-order valence-electron chi connectivity index (χ2n) is 5.36. The number of aliphatic hydroxyl groups is 1. The fourth-order valence-corrected chi connectivity index (χ4v) is 2.36. The lowest BCUT2D eigenvalue weighted by Gasteiger charge is -2.14. The minimum absolute atomic E-state index is 0.177. The Kier molecular flexibility index (Phi) is 3.97. The van der Waals surface area contributed by atoms with E-state index in [1.54, 1.807) is 10.9 Å². The van der Waals surface area contributed by atoms with Crippen molar-refractivity contribution in [3.05, 3.63) is 59.9 Å². The summed E-state index contributed by atoms with van der Waals surface area (Å²) >= 11 is 0. The van der Waals surface area contributed by atoms with E-state index in [1.165, 1.54) is 0 Å². The van der Waals surface area contributed by atoms with Gasteiger partial charge in [-0.1, -0.05) is 30.3 Å². The third-order valence-corrected chi connectivity index (χ3v) is 3.47. The molecule has 0 saturated heterocycles. The number of hydrogen-bond acceptors (Lipinski definition) is 5. The van der Waals surface area contributed by atoms with E-state index in [-0.39, 0.29) is 6.04 Å². The van der Waals surface area contributed by atoms with Crippen molar-refractivity contribution in [1.82, 2.24) is 29.8 Å². The third kappa shape index (κ3) is 2.75. The Morgan fingerprint density at radius 2 is 1.95 bits per heavy atom. The molecule has 0 fully saturated rings. The lowest BCUT2D eigenvalue weighted by atomic mass is 10.1. The van der Waals surface area contributed by atoms with Crippen LogP contribution in [0.15, 0.2) is 42.7 Å². The Morgan fingerprint density at radius 1 is 1.18 bits per heavy atom. The van der Waals surface area contributed by atoms with Crippen LogP contribution < -0.4 is 0 Å². The van der Waals surface area contributed by atoms with Gasteiger partial charge in [0.25, 0.3) is 0 Å². The number of rotatable bonds is 5. The zero-order valence-electron chi connectivity index (χ0n) is 12.5. The number of imidazole rings is 1. The van der Waals surface area contributed by atoms with E-state index < -0.39 is 6.10 Å². The Labute approximate surface area is 128 Å². The first-order valence-corrected chi connectivity index (χ1v) is 7.17. The predicted molar refractivity (Wildman–Crippen MR) is 80.0 cm³/mol. The number of hydrogen-bond donors (Lipinski definition) is 1. The van der Waals surface area contributed by atoms with Crippen LogP contribution >= 0.6 is 0 Å². The van der Waals surface area contributed by atoms with Gasteiger partial charge in [0.15, 0.2) is 5.82 Å². The number of tetrazole rings is 1. The van der Waals surface area contributed by atoms with Gasteiger partial charge in [0.1, 0.15) is 11.9 Å². The lowest BCUT2D eigenvalue weighted by molar-refractivity contribution is 0.205. The Morgan fingerprint density at radius 3 is 2.68 bits per heavy atom. The Balaban J connectivity index is 1.88. The minimum atomic E-state index is -0.778. The van der Waals surface area contributed by atoms with Gasteiger partial charge in [-0.2, -0.15) is 0 Å². The molecule has 1 unspecified atom stereocenters. The van der Waals surface area contributed by atoms with Crippen molar-refractivity contribution in [2.45, 2.75) is 32.5 Å². The van der Waals surface area contributed by atoms with E-state index >= 15 is 0 Å². The maximum absolute atomic E-state index is 10.5. The SMILES string of the molecule is CC(C)n1nnnc1Cn1ccnc1C(O)c1ccccc1. The highest BCUT2D eigenvalue weighted by Crippen LogP contribution is 2.20. The molecule has 22 heavy (non-hydrogen) atoms. The second kappa shape index (κ2) is 6.07. The molecule has 2 aromatic heterocycles. The van der Waals surface area contributed by atoms with Crippen molar-refractivity contribution >= 4 is 0 Å². The summed E-state index contributed by atoms with van der Waals surface area (Å²) in [6, 6.07) is 9.63. The zero-order valence-corrected chi connectivity index (χ0v) is 12.5. The summed E-state index contributed by atoms with van der Waals surface area (Å²) in [5.74, 6) is 1.30. The summed E-state index contributed by atoms with van der Waals surface area (Å²) in [6.07, 6.45) is 2.71. The van der Waals surface area contributed by atoms with Crippen LogP contribution in [0.1, 0.15) is 43.2 Å². The molecular formula is C15H18N6O. The molecule has 1 atom stereocenters. The van der Waals surface area contributed by atoms with E-state index in [4.69, 9.17) is 0 Å². The van der Waals surface area contributed by atoms with Gasteiger partial charge in [0.05, 0.1) is 12.6 Å². The topological polar surface area (TPSA) is 81.7 Å². The van der Waals surface area contributed by atoms with Crippen molar-refractivity contribution in [3.8, 4) is 0 Å². The number of nitrogens with zero attached hydrogens (tertiary/aromatic N) is 6. The van der Waals surface area contributed by atoms with E-state index in [2.05, 4.69) is 20.5 Å². The first-order chi connectivity index (χ1) is 10.7. The molecule has 0 saturated carbocycles. The summed E-state index contributed by atoms with van der Waals surface area (Å²) < 4.78 is 3.63. The smallest absolute Gasteiger partial charge is 0.171 e. The Bertz CT molecular complexity index is 733. The van der Waals surface area contributed by atoms with Gasteiger partial charge in [-0.3, -0.25) is 0 Å². The maximum atomic E-state index is 10.5.